The molecule has 0 N–H and O–H groups in total. The van der Waals surface area contributed by atoms with E-state index in [-0.39, 0.29) is 5.56 Å². The lowest BCUT2D eigenvalue weighted by Crippen LogP contribution is -2.39. The van der Waals surface area contributed by atoms with Gasteiger partial charge in [0.15, 0.2) is 0 Å². The van der Waals surface area contributed by atoms with Gasteiger partial charge in [-0.25, -0.2) is 0 Å². The Bertz CT molecular complexity index is 490. The lowest BCUT2D eigenvalue weighted by atomic mass is 10.1. The molecule has 0 bridgehead atoms. The van der Waals surface area contributed by atoms with Crippen molar-refractivity contribution >= 4 is 5.97 Å². The number of nitrogens with zero attached hydrogens (tertiary/aromatic N) is 1. The van der Waals surface area contributed by atoms with Gasteiger partial charge in [-0.1, -0.05) is 44.0 Å². The summed E-state index contributed by atoms with van der Waals surface area (Å²) in [5.41, 5.74) is 1.31. The van der Waals surface area contributed by atoms with Crippen molar-refractivity contribution < 1.29 is 14.4 Å². The molecule has 0 aliphatic carbocycles. The normalized spacial score (nSPS) is 11.0. The van der Waals surface area contributed by atoms with Gasteiger partial charge in [0.1, 0.15) is 13.1 Å². The van der Waals surface area contributed by atoms with Gasteiger partial charge in [-0.15, -0.1) is 0 Å². The number of benzene rings is 1. The molecule has 0 unspecified atom stereocenters. The monoisotopic (exact) mass is 259 g/mol. The molecule has 0 atom stereocenters. The molecule has 19 heavy (non-hydrogen) atoms. The lowest BCUT2D eigenvalue weighted by molar-refractivity contribution is -0.896. The van der Waals surface area contributed by atoms with Gasteiger partial charge in [0, 0.05) is 11.5 Å². The first kappa shape index (κ1) is 15.3. The fourth-order valence-corrected chi connectivity index (χ4v) is 1.76. The molecule has 0 saturated carbocycles. The third-order valence-corrected chi connectivity index (χ3v) is 2.70. The van der Waals surface area contributed by atoms with Crippen LogP contribution < -0.4 is 5.11 Å². The molecule has 0 aromatic heterocycles. The summed E-state index contributed by atoms with van der Waals surface area (Å²) in [5, 5.41) is 10.7. The molecule has 0 fully saturated rings. The molecule has 102 valence electrons. The first-order valence-electron chi connectivity index (χ1n) is 6.41. The number of aromatic carboxylic acids is 1. The van der Waals surface area contributed by atoms with Gasteiger partial charge in [0.25, 0.3) is 0 Å². The number of hydrogen-bond donors (Lipinski definition) is 0. The Morgan fingerprint density at radius 3 is 2.32 bits per heavy atom. The SMILES string of the molecule is CC(C)C#CC[N+](C)(C)Cc1ccc(C(=O)[O-])cc1. The summed E-state index contributed by atoms with van der Waals surface area (Å²) in [7, 11) is 4.23. The van der Waals surface area contributed by atoms with Crippen molar-refractivity contribution in [2.45, 2.75) is 20.4 Å². The van der Waals surface area contributed by atoms with Crippen LogP contribution in [0.2, 0.25) is 0 Å². The third kappa shape index (κ3) is 5.58. The van der Waals surface area contributed by atoms with Gasteiger partial charge in [0.05, 0.1) is 20.1 Å². The van der Waals surface area contributed by atoms with Crippen molar-refractivity contribution in [3.05, 3.63) is 35.4 Å². The molecule has 0 radical (unpaired) electrons. The highest BCUT2D eigenvalue weighted by Crippen LogP contribution is 2.10. The van der Waals surface area contributed by atoms with Crippen LogP contribution in [0.3, 0.4) is 0 Å². The predicted octanol–water partition coefficient (Wildman–Crippen LogP) is 1.29. The highest BCUT2D eigenvalue weighted by molar-refractivity contribution is 5.85. The van der Waals surface area contributed by atoms with Gasteiger partial charge in [0.2, 0.25) is 0 Å². The van der Waals surface area contributed by atoms with Crippen LogP contribution in [0.1, 0.15) is 29.8 Å². The highest BCUT2D eigenvalue weighted by atomic mass is 16.4. The minimum atomic E-state index is -1.14. The van der Waals surface area contributed by atoms with Crippen molar-refractivity contribution in [1.29, 1.82) is 0 Å². The highest BCUT2D eigenvalue weighted by Gasteiger charge is 2.14. The van der Waals surface area contributed by atoms with E-state index in [9.17, 15) is 9.90 Å². The summed E-state index contributed by atoms with van der Waals surface area (Å²) >= 11 is 0. The summed E-state index contributed by atoms with van der Waals surface area (Å²) in [6.07, 6.45) is 0. The van der Waals surface area contributed by atoms with Crippen LogP contribution in [0.15, 0.2) is 24.3 Å². The van der Waals surface area contributed by atoms with Gasteiger partial charge < -0.3 is 14.4 Å². The predicted molar refractivity (Wildman–Crippen MR) is 74.1 cm³/mol. The zero-order valence-corrected chi connectivity index (χ0v) is 12.1. The van der Waals surface area contributed by atoms with Gasteiger partial charge in [-0.2, -0.15) is 0 Å². The maximum absolute atomic E-state index is 10.7. The third-order valence-electron chi connectivity index (χ3n) is 2.70. The quantitative estimate of drug-likeness (QED) is 0.604. The van der Waals surface area contributed by atoms with E-state index < -0.39 is 5.97 Å². The van der Waals surface area contributed by atoms with E-state index in [1.807, 2.05) is 12.1 Å². The van der Waals surface area contributed by atoms with Crippen LogP contribution in [-0.4, -0.2) is 31.1 Å². The molecule has 0 aliphatic heterocycles. The Hall–Kier alpha value is -1.79. The van der Waals surface area contributed by atoms with E-state index in [4.69, 9.17) is 0 Å². The fraction of sp³-hybridized carbons (Fsp3) is 0.438. The number of carbonyl (C=O) groups is 1. The smallest absolute Gasteiger partial charge is 0.140 e. The maximum atomic E-state index is 10.7. The number of carboxylic acids is 1. The standard InChI is InChI=1S/C16H21NO2/c1-13(2)6-5-11-17(3,4)12-14-7-9-15(10-8-14)16(18)19/h7-10,13H,11-12H2,1-4H3. The first-order valence-corrected chi connectivity index (χ1v) is 6.41. The molecule has 0 heterocycles. The van der Waals surface area contributed by atoms with E-state index in [0.29, 0.717) is 5.92 Å². The average molecular weight is 259 g/mol. The van der Waals surface area contributed by atoms with Gasteiger partial charge >= 0.3 is 0 Å². The Morgan fingerprint density at radius 1 is 1.26 bits per heavy atom. The number of quaternary nitrogens is 1. The molecule has 0 saturated heterocycles. The van der Waals surface area contributed by atoms with Crippen molar-refractivity contribution in [3.63, 3.8) is 0 Å². The number of hydrogen-bond acceptors (Lipinski definition) is 2. The van der Waals surface area contributed by atoms with Crippen LogP contribution in [0, 0.1) is 17.8 Å². The molecule has 1 aromatic rings. The fourth-order valence-electron chi connectivity index (χ4n) is 1.76. The lowest BCUT2D eigenvalue weighted by Gasteiger charge is -2.27. The van der Waals surface area contributed by atoms with Crippen LogP contribution in [0.25, 0.3) is 0 Å². The summed E-state index contributed by atoms with van der Waals surface area (Å²) in [5.74, 6) is 5.61. The zero-order valence-electron chi connectivity index (χ0n) is 12.1. The number of carbonyl (C=O) groups excluding carboxylic acids is 1. The molecule has 0 spiro atoms. The van der Waals surface area contributed by atoms with Crippen LogP contribution in [-0.2, 0) is 6.54 Å². The van der Waals surface area contributed by atoms with Crippen LogP contribution >= 0.6 is 0 Å². The summed E-state index contributed by atoms with van der Waals surface area (Å²) in [6.45, 7) is 5.75. The molecule has 0 aliphatic rings. The van der Waals surface area contributed by atoms with Crippen LogP contribution in [0.5, 0.6) is 0 Å². The second-order valence-electron chi connectivity index (χ2n) is 5.71. The summed E-state index contributed by atoms with van der Waals surface area (Å²) in [4.78, 5) is 10.7. The molecular weight excluding hydrogens is 238 g/mol. The van der Waals surface area contributed by atoms with Crippen molar-refractivity contribution in [2.24, 2.45) is 5.92 Å². The van der Waals surface area contributed by atoms with Crippen LogP contribution in [0.4, 0.5) is 0 Å². The molecule has 0 amide bonds. The van der Waals surface area contributed by atoms with E-state index in [2.05, 4.69) is 39.8 Å². The van der Waals surface area contributed by atoms with Gasteiger partial charge in [-0.3, -0.25) is 0 Å². The minimum absolute atomic E-state index is 0.216. The molecular formula is C16H21NO2. The Labute approximate surface area is 115 Å². The summed E-state index contributed by atoms with van der Waals surface area (Å²) < 4.78 is 0.754. The first-order chi connectivity index (χ1) is 8.80. The number of rotatable bonds is 4. The second-order valence-corrected chi connectivity index (χ2v) is 5.71. The summed E-state index contributed by atoms with van der Waals surface area (Å²) in [6, 6.07) is 6.84. The minimum Gasteiger partial charge on any atom is -0.545 e. The topological polar surface area (TPSA) is 40.1 Å². The number of carboxylic acid groups (broad SMARTS) is 1. The van der Waals surface area contributed by atoms with E-state index in [1.165, 1.54) is 0 Å². The van der Waals surface area contributed by atoms with Crippen molar-refractivity contribution in [3.8, 4) is 11.8 Å². The molecule has 1 rings (SSSR count). The van der Waals surface area contributed by atoms with Crippen molar-refractivity contribution in [1.82, 2.24) is 0 Å². The van der Waals surface area contributed by atoms with Gasteiger partial charge in [-0.05, 0) is 11.5 Å². The largest absolute Gasteiger partial charge is 0.545 e. The molecule has 3 heteroatoms. The molecule has 3 nitrogen and oxygen atoms in total. The Balaban J connectivity index is 2.68. The maximum Gasteiger partial charge on any atom is 0.140 e. The Kier molecular flexibility index (Phi) is 5.14. The van der Waals surface area contributed by atoms with E-state index in [1.54, 1.807) is 12.1 Å². The average Bonchev–Trinajstić information content (AvgIpc) is 2.28. The Morgan fingerprint density at radius 2 is 1.84 bits per heavy atom. The second kappa shape index (κ2) is 6.40. The molecule has 1 aromatic carbocycles. The van der Waals surface area contributed by atoms with Crippen molar-refractivity contribution in [2.75, 3.05) is 20.6 Å². The van der Waals surface area contributed by atoms with E-state index in [0.717, 1.165) is 23.1 Å². The zero-order chi connectivity index (χ0) is 14.5. The van der Waals surface area contributed by atoms with E-state index >= 15 is 0 Å².